The SMILES string of the molecule is Cc1cc(C(N)=S)nc(NCC2CCCC(C)C2)n1. The van der Waals surface area contributed by atoms with Crippen LogP contribution in [0.4, 0.5) is 5.95 Å². The highest BCUT2D eigenvalue weighted by Gasteiger charge is 2.18. The average Bonchev–Trinajstić information content (AvgIpc) is 2.36. The fourth-order valence-electron chi connectivity index (χ4n) is 2.75. The van der Waals surface area contributed by atoms with Crippen molar-refractivity contribution < 1.29 is 0 Å². The van der Waals surface area contributed by atoms with E-state index in [1.807, 2.05) is 13.0 Å². The van der Waals surface area contributed by atoms with Gasteiger partial charge in [0.15, 0.2) is 0 Å². The van der Waals surface area contributed by atoms with Gasteiger partial charge in [0.1, 0.15) is 10.7 Å². The van der Waals surface area contributed by atoms with Crippen LogP contribution in [0.2, 0.25) is 0 Å². The molecule has 1 aromatic heterocycles. The van der Waals surface area contributed by atoms with Crippen LogP contribution in [0.5, 0.6) is 0 Å². The Kier molecular flexibility index (Phi) is 4.69. The van der Waals surface area contributed by atoms with Gasteiger partial charge < -0.3 is 11.1 Å². The molecule has 0 spiro atoms. The van der Waals surface area contributed by atoms with Crippen molar-refractivity contribution in [3.05, 3.63) is 17.5 Å². The number of aryl methyl sites for hydroxylation is 1. The summed E-state index contributed by atoms with van der Waals surface area (Å²) in [5.74, 6) is 2.20. The Bertz CT molecular complexity index is 461. The second kappa shape index (κ2) is 6.28. The lowest BCUT2D eigenvalue weighted by Gasteiger charge is -2.26. The average molecular weight is 278 g/mol. The summed E-state index contributed by atoms with van der Waals surface area (Å²) >= 11 is 4.97. The van der Waals surface area contributed by atoms with Crippen molar-refractivity contribution in [1.82, 2.24) is 9.97 Å². The summed E-state index contributed by atoms with van der Waals surface area (Å²) in [5, 5.41) is 3.33. The summed E-state index contributed by atoms with van der Waals surface area (Å²) in [6, 6.07) is 1.82. The molecular formula is C14H22N4S. The van der Waals surface area contributed by atoms with E-state index in [1.54, 1.807) is 0 Å². The minimum atomic E-state index is 0.319. The van der Waals surface area contributed by atoms with Crippen molar-refractivity contribution in [2.75, 3.05) is 11.9 Å². The molecule has 2 atom stereocenters. The molecule has 4 nitrogen and oxygen atoms in total. The summed E-state index contributed by atoms with van der Waals surface area (Å²) < 4.78 is 0. The van der Waals surface area contributed by atoms with E-state index in [1.165, 1.54) is 25.7 Å². The molecule has 0 aliphatic heterocycles. The van der Waals surface area contributed by atoms with E-state index >= 15 is 0 Å². The van der Waals surface area contributed by atoms with E-state index in [-0.39, 0.29) is 0 Å². The molecule has 104 valence electrons. The molecule has 2 rings (SSSR count). The zero-order chi connectivity index (χ0) is 13.8. The molecule has 1 aliphatic rings. The van der Waals surface area contributed by atoms with Crippen LogP contribution >= 0.6 is 12.2 Å². The van der Waals surface area contributed by atoms with E-state index in [0.29, 0.717) is 16.6 Å². The third-order valence-corrected chi connectivity index (χ3v) is 3.91. The summed E-state index contributed by atoms with van der Waals surface area (Å²) in [5.41, 5.74) is 7.15. The van der Waals surface area contributed by atoms with E-state index in [2.05, 4.69) is 22.2 Å². The maximum Gasteiger partial charge on any atom is 0.223 e. The Morgan fingerprint density at radius 1 is 1.47 bits per heavy atom. The van der Waals surface area contributed by atoms with Crippen LogP contribution in [0.25, 0.3) is 0 Å². The number of anilines is 1. The number of aromatic nitrogens is 2. The number of hydrogen-bond acceptors (Lipinski definition) is 4. The van der Waals surface area contributed by atoms with Gasteiger partial charge in [0.2, 0.25) is 5.95 Å². The lowest BCUT2D eigenvalue weighted by atomic mass is 9.82. The minimum Gasteiger partial charge on any atom is -0.388 e. The summed E-state index contributed by atoms with van der Waals surface area (Å²) in [6.45, 7) is 5.20. The molecule has 19 heavy (non-hydrogen) atoms. The van der Waals surface area contributed by atoms with Crippen LogP contribution < -0.4 is 11.1 Å². The first kappa shape index (κ1) is 14.2. The molecule has 0 radical (unpaired) electrons. The standard InChI is InChI=1S/C14H22N4S/c1-9-4-3-5-11(6-9)8-16-14-17-10(2)7-12(18-14)13(15)19/h7,9,11H,3-6,8H2,1-2H3,(H2,15,19)(H,16,17,18). The van der Waals surface area contributed by atoms with Gasteiger partial charge in [-0.05, 0) is 37.7 Å². The van der Waals surface area contributed by atoms with Crippen molar-refractivity contribution in [3.8, 4) is 0 Å². The van der Waals surface area contributed by atoms with Crippen LogP contribution in [0.15, 0.2) is 6.07 Å². The van der Waals surface area contributed by atoms with Crippen LogP contribution in [-0.2, 0) is 0 Å². The number of nitrogens with two attached hydrogens (primary N) is 1. The predicted octanol–water partition coefficient (Wildman–Crippen LogP) is 2.66. The largest absolute Gasteiger partial charge is 0.388 e. The highest BCUT2D eigenvalue weighted by atomic mass is 32.1. The molecule has 1 aromatic rings. The Balaban J connectivity index is 1.97. The molecule has 1 saturated carbocycles. The van der Waals surface area contributed by atoms with Gasteiger partial charge in [-0.3, -0.25) is 0 Å². The van der Waals surface area contributed by atoms with Gasteiger partial charge in [0.25, 0.3) is 0 Å². The fraction of sp³-hybridized carbons (Fsp3) is 0.643. The lowest BCUT2D eigenvalue weighted by molar-refractivity contribution is 0.293. The Labute approximate surface area is 120 Å². The topological polar surface area (TPSA) is 63.8 Å². The molecule has 5 heteroatoms. The molecule has 3 N–H and O–H groups in total. The zero-order valence-electron chi connectivity index (χ0n) is 11.6. The van der Waals surface area contributed by atoms with Gasteiger partial charge in [-0.1, -0.05) is 32.0 Å². The zero-order valence-corrected chi connectivity index (χ0v) is 12.5. The highest BCUT2D eigenvalue weighted by molar-refractivity contribution is 7.80. The van der Waals surface area contributed by atoms with Crippen molar-refractivity contribution >= 4 is 23.2 Å². The van der Waals surface area contributed by atoms with Crippen molar-refractivity contribution in [2.24, 2.45) is 17.6 Å². The van der Waals surface area contributed by atoms with Crippen LogP contribution in [0.1, 0.15) is 44.0 Å². The summed E-state index contributed by atoms with van der Waals surface area (Å²) in [4.78, 5) is 9.05. The van der Waals surface area contributed by atoms with E-state index in [9.17, 15) is 0 Å². The van der Waals surface area contributed by atoms with Gasteiger partial charge in [0.05, 0.1) is 0 Å². The van der Waals surface area contributed by atoms with Gasteiger partial charge in [-0.2, -0.15) is 0 Å². The maximum atomic E-state index is 5.62. The molecule has 0 amide bonds. The van der Waals surface area contributed by atoms with Gasteiger partial charge in [-0.15, -0.1) is 0 Å². The third-order valence-electron chi connectivity index (χ3n) is 3.70. The van der Waals surface area contributed by atoms with Gasteiger partial charge in [-0.25, -0.2) is 9.97 Å². The molecule has 1 heterocycles. The lowest BCUT2D eigenvalue weighted by Crippen LogP contribution is -2.22. The number of nitrogens with zero attached hydrogens (tertiary/aromatic N) is 2. The van der Waals surface area contributed by atoms with Gasteiger partial charge >= 0.3 is 0 Å². The Morgan fingerprint density at radius 2 is 2.26 bits per heavy atom. The number of hydrogen-bond donors (Lipinski definition) is 2. The highest BCUT2D eigenvalue weighted by Crippen LogP contribution is 2.28. The first-order valence-corrected chi connectivity index (χ1v) is 7.34. The molecule has 2 unspecified atom stereocenters. The van der Waals surface area contributed by atoms with E-state index in [0.717, 1.165) is 24.1 Å². The first-order valence-electron chi connectivity index (χ1n) is 6.94. The van der Waals surface area contributed by atoms with Crippen LogP contribution in [0.3, 0.4) is 0 Å². The van der Waals surface area contributed by atoms with E-state index < -0.39 is 0 Å². The quantitative estimate of drug-likeness (QED) is 0.829. The molecule has 0 aromatic carbocycles. The third kappa shape index (κ3) is 4.13. The predicted molar refractivity (Wildman–Crippen MR) is 82.3 cm³/mol. The molecular weight excluding hydrogens is 256 g/mol. The van der Waals surface area contributed by atoms with Crippen LogP contribution in [-0.4, -0.2) is 21.5 Å². The smallest absolute Gasteiger partial charge is 0.223 e. The van der Waals surface area contributed by atoms with Crippen molar-refractivity contribution in [1.29, 1.82) is 0 Å². The summed E-state index contributed by atoms with van der Waals surface area (Å²) in [7, 11) is 0. The second-order valence-corrected chi connectivity index (χ2v) is 6.04. The van der Waals surface area contributed by atoms with Crippen molar-refractivity contribution in [3.63, 3.8) is 0 Å². The normalized spacial score (nSPS) is 23.1. The summed E-state index contributed by atoms with van der Waals surface area (Å²) in [6.07, 6.45) is 5.29. The van der Waals surface area contributed by atoms with Crippen molar-refractivity contribution in [2.45, 2.75) is 39.5 Å². The molecule has 1 fully saturated rings. The first-order chi connectivity index (χ1) is 9.04. The number of thiocarbonyl (C=S) groups is 1. The van der Waals surface area contributed by atoms with Crippen LogP contribution in [0, 0.1) is 18.8 Å². The second-order valence-electron chi connectivity index (χ2n) is 5.60. The van der Waals surface area contributed by atoms with Gasteiger partial charge in [0, 0.05) is 12.2 Å². The monoisotopic (exact) mass is 278 g/mol. The maximum absolute atomic E-state index is 5.62. The van der Waals surface area contributed by atoms with E-state index in [4.69, 9.17) is 18.0 Å². The number of rotatable bonds is 4. The number of nitrogens with one attached hydrogen (secondary N) is 1. The molecule has 0 saturated heterocycles. The fourth-order valence-corrected chi connectivity index (χ4v) is 2.86. The Hall–Kier alpha value is -1.23. The Morgan fingerprint density at radius 3 is 2.95 bits per heavy atom. The molecule has 1 aliphatic carbocycles. The molecule has 0 bridgehead atoms. The minimum absolute atomic E-state index is 0.319.